The van der Waals surface area contributed by atoms with Crippen LogP contribution in [0.2, 0.25) is 0 Å². The molecule has 0 unspecified atom stereocenters. The number of aliphatic hydroxyl groups excluding tert-OH is 1. The van der Waals surface area contributed by atoms with Crippen molar-refractivity contribution in [2.45, 2.75) is 20.8 Å². The Morgan fingerprint density at radius 3 is 1.80 bits per heavy atom. The van der Waals surface area contributed by atoms with Gasteiger partial charge in [-0.3, -0.25) is 47.9 Å². The summed E-state index contributed by atoms with van der Waals surface area (Å²) in [6.07, 6.45) is 17.6. The number of halogens is 5. The van der Waals surface area contributed by atoms with Crippen molar-refractivity contribution in [3.63, 3.8) is 0 Å². The maximum atomic E-state index is 13.8. The number of thiophene rings is 1. The Hall–Kier alpha value is -9.75. The topological polar surface area (TPSA) is 183 Å². The van der Waals surface area contributed by atoms with Gasteiger partial charge in [0.15, 0.2) is 11.5 Å². The molecule has 16 nitrogen and oxygen atoms in total. The first-order valence-corrected chi connectivity index (χ1v) is 31.4. The van der Waals surface area contributed by atoms with Gasteiger partial charge >= 0.3 is 26.1 Å². The van der Waals surface area contributed by atoms with Crippen molar-refractivity contribution in [2.75, 3.05) is 28.8 Å². The molecule has 0 fully saturated rings. The first-order chi connectivity index (χ1) is 49.3. The normalized spacial score (nSPS) is 10.9. The number of carboxylic acids is 1. The second kappa shape index (κ2) is 47.7. The molecule has 0 atom stereocenters. The van der Waals surface area contributed by atoms with E-state index in [1.54, 1.807) is 84.7 Å². The number of aliphatic hydroxyl groups is 1. The van der Waals surface area contributed by atoms with Gasteiger partial charge in [0.05, 0.1) is 12.3 Å². The van der Waals surface area contributed by atoms with Gasteiger partial charge in [0.1, 0.15) is 5.69 Å². The third-order valence-corrected chi connectivity index (χ3v) is 14.6. The Kier molecular flexibility index (Phi) is 40.8. The quantitative estimate of drug-likeness (QED) is 0.0633. The molecule has 27 heteroatoms. The zero-order valence-corrected chi connectivity index (χ0v) is 69.7. The summed E-state index contributed by atoms with van der Waals surface area (Å²) >= 11 is 1.72. The largest absolute Gasteiger partial charge is 3.00 e. The summed E-state index contributed by atoms with van der Waals surface area (Å²) in [7, 11) is 3.99. The van der Waals surface area contributed by atoms with Crippen LogP contribution in [0, 0.1) is 92.4 Å². The zero-order valence-electron chi connectivity index (χ0n) is 56.9. The van der Waals surface area contributed by atoms with Gasteiger partial charge < -0.3 is 55.0 Å². The van der Waals surface area contributed by atoms with Gasteiger partial charge in [0.2, 0.25) is 0 Å². The van der Waals surface area contributed by atoms with Gasteiger partial charge in [-0.15, -0.1) is 87.9 Å². The maximum Gasteiger partial charge on any atom is 3.00 e. The fourth-order valence-electron chi connectivity index (χ4n) is 8.90. The molecule has 0 saturated heterocycles. The van der Waals surface area contributed by atoms with Crippen LogP contribution >= 0.6 is 11.3 Å². The van der Waals surface area contributed by atoms with Crippen LogP contribution in [0.1, 0.15) is 29.9 Å². The van der Waals surface area contributed by atoms with Crippen molar-refractivity contribution >= 4 is 61.6 Å². The Balaban J connectivity index is 0.000000319. The molecule has 4 radical (unpaired) electrons. The van der Waals surface area contributed by atoms with Crippen molar-refractivity contribution in [1.29, 1.82) is 0 Å². The van der Waals surface area contributed by atoms with E-state index in [9.17, 15) is 31.5 Å². The first kappa shape index (κ1) is 91.5. The summed E-state index contributed by atoms with van der Waals surface area (Å²) < 4.78 is 66.6. The van der Waals surface area contributed by atoms with Gasteiger partial charge in [0, 0.05) is 164 Å². The van der Waals surface area contributed by atoms with Gasteiger partial charge in [0.25, 0.3) is 0 Å². The van der Waals surface area contributed by atoms with Crippen LogP contribution in [0.15, 0.2) is 256 Å². The molecule has 0 saturated carbocycles. The summed E-state index contributed by atoms with van der Waals surface area (Å²) in [6.45, 7) is 15.4. The van der Waals surface area contributed by atoms with Crippen LogP contribution in [-0.2, 0) is 105 Å². The van der Waals surface area contributed by atoms with Crippen molar-refractivity contribution in [3.8, 4) is 44.3 Å². The van der Waals surface area contributed by atoms with Crippen LogP contribution in [0.4, 0.5) is 50.4 Å². The van der Waals surface area contributed by atoms with Crippen LogP contribution in [0.3, 0.4) is 0 Å². The van der Waals surface area contributed by atoms with E-state index in [0.29, 0.717) is 11.4 Å². The molecule has 2 aliphatic heterocycles. The number of ketones is 1. The Morgan fingerprint density at radius 1 is 0.607 bits per heavy atom. The number of aryl methyl sites for hydroxylation is 1. The monoisotopic (exact) mass is 2340 g/mol. The first-order valence-electron chi connectivity index (χ1n) is 30.6. The standard InChI is InChI=1S/C14H12N2.C13H7F2N2.C13H7NS.C11H6F2N.C10H9FN2.C8H6N3.C6H5NO2.C5H8O2.5Ir/c1-15-11-16(12-7-3-2-4-8-12)14-10-6-5-9-13(14)15;1-8-5-6-17-11(7-8)9-3-4-10(14)13(16-2)12(9)15;1-2-6-12-10(4-1)8-13(15-12)11-5-3-7-14-9-11;12-8-4-5-9(10(13)7-8)11-3-1-2-6-14-11;1-12-6-7-13(8-12)10-4-2-9(11)3-5-10;1-2-5-9-7(3-1)8-4-6-10-11-8;8-6(9)5-3-1-2-4-7-5;1-4(6)3-5(2)7;;;;;/h2-7,9-11H,1H3;4-7H,1H3;1-7H;1-4,6-7H;2-4,6-8H,1H3;1-6H;1-4H,(H,8,9);3,6H,1-2H3;;;;;/q-2;-1;-2;-1;-2;-1;;;;;;;+3. The van der Waals surface area contributed by atoms with E-state index in [4.69, 9.17) is 16.8 Å². The van der Waals surface area contributed by atoms with Gasteiger partial charge in [-0.05, 0) is 107 Å². The SMILES string of the molecule is CC(=O)C=C(C)O.CN1C=CN(c2[c-]cc(F)cc2)[CH-]1.CN1[CH-]N(c2[c-]cccc2)c2ccccc21.Fc1c[c-]c(-c2ccccn2)c(F)c1.O=C(O)c1ccccn1.[C-]#[N+]c1c(F)c[c-]c(-c2cc(C)ccn2)c1F.[Ir+3].[Ir].[Ir].[Ir].[Ir].[c-]1ncccc1-c1[c-]c2ccccc2s1.c1ccc(-c2ccn[n-]2)nc1. The molecule has 15 rings (SSSR count). The molecule has 0 bridgehead atoms. The predicted molar refractivity (Wildman–Crippen MR) is 385 cm³/mol. The Labute approximate surface area is 688 Å². The van der Waals surface area contributed by atoms with Crippen LogP contribution < -0.4 is 19.8 Å². The van der Waals surface area contributed by atoms with Crippen molar-refractivity contribution in [1.82, 2.24) is 40.0 Å². The number of para-hydroxylation sites is 3. The minimum Gasteiger partial charge on any atom is -0.574 e. The number of anilines is 4. The smallest absolute Gasteiger partial charge is 0.574 e. The number of aromatic carboxylic acids is 1. The fourth-order valence-corrected chi connectivity index (χ4v) is 9.88. The van der Waals surface area contributed by atoms with E-state index in [1.807, 2.05) is 110 Å². The summed E-state index contributed by atoms with van der Waals surface area (Å²) in [6, 6.07) is 71.1. The molecular weight excluding hydrogens is 2280 g/mol. The Morgan fingerprint density at radius 2 is 1.26 bits per heavy atom. The Bertz CT molecular complexity index is 4880. The van der Waals surface area contributed by atoms with Crippen LogP contribution in [0.25, 0.3) is 59.3 Å². The molecule has 6 aromatic carbocycles. The number of carboxylic acid groups (broad SMARTS) is 1. The fraction of sp³-hybridized carbons (Fsp3) is 0.0625. The molecule has 0 aliphatic carbocycles. The molecular formula is C80H60F5Ir5N12O4S-6. The zero-order chi connectivity index (χ0) is 72.8. The van der Waals surface area contributed by atoms with Gasteiger partial charge in [-0.25, -0.2) is 9.78 Å². The molecule has 0 spiro atoms. The maximum absolute atomic E-state index is 13.8. The number of fused-ring (bicyclic) bond motifs is 2. The number of allylic oxidation sites excluding steroid dienone is 2. The van der Waals surface area contributed by atoms with E-state index >= 15 is 0 Å². The average Bonchev–Trinajstić information content (AvgIpc) is 1.71. The molecule has 7 aromatic heterocycles. The molecule has 107 heavy (non-hydrogen) atoms. The molecule has 13 aromatic rings. The number of aromatic nitrogens is 7. The predicted octanol–water partition coefficient (Wildman–Crippen LogP) is 18.1. The van der Waals surface area contributed by atoms with Gasteiger partial charge in [-0.2, -0.15) is 67.4 Å². The van der Waals surface area contributed by atoms with Crippen LogP contribution in [-0.4, -0.2) is 71.0 Å². The third kappa shape index (κ3) is 28.8. The minimum absolute atomic E-state index is 0. The second-order valence-corrected chi connectivity index (χ2v) is 22.3. The molecule has 9 heterocycles. The molecule has 556 valence electrons. The van der Waals surface area contributed by atoms with Crippen molar-refractivity contribution < 1.29 is 142 Å². The third-order valence-electron chi connectivity index (χ3n) is 13.5. The number of benzene rings is 6. The number of nitrogens with zero attached hydrogens (tertiary/aromatic N) is 12. The van der Waals surface area contributed by atoms with Crippen molar-refractivity contribution in [2.24, 2.45) is 0 Å². The second-order valence-electron chi connectivity index (χ2n) is 21.2. The van der Waals surface area contributed by atoms with Gasteiger partial charge in [-0.1, -0.05) is 101 Å². The summed E-state index contributed by atoms with van der Waals surface area (Å²) in [5, 5.41) is 25.4. The number of rotatable bonds is 8. The number of pyridine rings is 5. The van der Waals surface area contributed by atoms with E-state index < -0.39 is 34.9 Å². The van der Waals surface area contributed by atoms with Crippen LogP contribution in [0.5, 0.6) is 0 Å². The van der Waals surface area contributed by atoms with Crippen molar-refractivity contribution in [3.05, 3.63) is 357 Å². The number of carbonyl (C=O) groups excluding carboxylic acids is 1. The summed E-state index contributed by atoms with van der Waals surface area (Å²) in [5.41, 5.74) is 8.38. The van der Waals surface area contributed by atoms with E-state index in [-0.39, 0.29) is 135 Å². The average molecular weight is 2340 g/mol. The minimum atomic E-state index is -0.990. The van der Waals surface area contributed by atoms with E-state index in [2.05, 4.69) is 142 Å². The molecule has 2 N–H and O–H groups in total. The number of hydrogen-bond acceptors (Lipinski definition) is 14. The number of carbonyl (C=O) groups is 2. The number of hydrogen-bond donors (Lipinski definition) is 2. The molecule has 0 amide bonds. The molecule has 2 aliphatic rings. The summed E-state index contributed by atoms with van der Waals surface area (Å²) in [5.74, 6) is -4.43. The van der Waals surface area contributed by atoms with E-state index in [0.717, 1.165) is 62.4 Å². The van der Waals surface area contributed by atoms with E-state index in [1.165, 1.54) is 66.6 Å². The summed E-state index contributed by atoms with van der Waals surface area (Å²) in [4.78, 5) is 51.8.